The van der Waals surface area contributed by atoms with E-state index in [4.69, 9.17) is 15.3 Å². The van der Waals surface area contributed by atoms with Crippen molar-refractivity contribution in [3.8, 4) is 5.75 Å². The highest BCUT2D eigenvalue weighted by Gasteiger charge is 2.33. The highest BCUT2D eigenvalue weighted by Crippen LogP contribution is 2.30. The van der Waals surface area contributed by atoms with E-state index in [2.05, 4.69) is 39.0 Å². The van der Waals surface area contributed by atoms with Gasteiger partial charge in [0.25, 0.3) is 0 Å². The Hall–Kier alpha value is -3.18. The van der Waals surface area contributed by atoms with Crippen molar-refractivity contribution in [1.82, 2.24) is 20.0 Å². The molecule has 2 aromatic heterocycles. The number of ether oxygens (including phenoxy) is 1. The number of fused-ring (bicyclic) bond motifs is 1. The van der Waals surface area contributed by atoms with E-state index in [0.29, 0.717) is 25.3 Å². The number of rotatable bonds is 5. The molecule has 10 nitrogen and oxygen atoms in total. The average molecular weight is 444 g/mol. The van der Waals surface area contributed by atoms with Crippen molar-refractivity contribution in [3.05, 3.63) is 29.8 Å². The molecule has 1 aromatic carbocycles. The second-order valence-electron chi connectivity index (χ2n) is 7.54. The lowest BCUT2D eigenvalue weighted by molar-refractivity contribution is -0.108. The molecular formula is C20H25N7O3S. The SMILES string of the molecule is COc1ccc(NC(=O)ON2CCN(c3nc(N)nc4scnc34)[C@@H](C(C)C)C2)cc1. The van der Waals surface area contributed by atoms with Gasteiger partial charge < -0.3 is 20.2 Å². The third-order valence-corrected chi connectivity index (χ3v) is 5.89. The first-order valence-electron chi connectivity index (χ1n) is 9.96. The minimum atomic E-state index is -0.533. The summed E-state index contributed by atoms with van der Waals surface area (Å²) in [5.41, 5.74) is 9.05. The number of piperazine rings is 1. The summed E-state index contributed by atoms with van der Waals surface area (Å²) in [5, 5.41) is 4.42. The molecule has 1 aliphatic heterocycles. The van der Waals surface area contributed by atoms with Crippen LogP contribution in [-0.4, -0.2) is 58.9 Å². The third-order valence-electron chi connectivity index (χ3n) is 5.17. The van der Waals surface area contributed by atoms with E-state index in [1.807, 2.05) is 0 Å². The minimum Gasteiger partial charge on any atom is -0.497 e. The molecule has 0 bridgehead atoms. The summed E-state index contributed by atoms with van der Waals surface area (Å²) in [7, 11) is 1.59. The molecule has 3 aromatic rings. The Morgan fingerprint density at radius 3 is 2.74 bits per heavy atom. The zero-order valence-corrected chi connectivity index (χ0v) is 18.4. The Bertz CT molecular complexity index is 1060. The lowest BCUT2D eigenvalue weighted by Gasteiger charge is -2.42. The van der Waals surface area contributed by atoms with E-state index in [1.165, 1.54) is 11.3 Å². The summed E-state index contributed by atoms with van der Waals surface area (Å²) in [6.45, 7) is 5.92. The molecule has 1 fully saturated rings. The van der Waals surface area contributed by atoms with Gasteiger partial charge in [-0.05, 0) is 30.2 Å². The van der Waals surface area contributed by atoms with Crippen molar-refractivity contribution in [2.24, 2.45) is 5.92 Å². The molecular weight excluding hydrogens is 418 g/mol. The summed E-state index contributed by atoms with van der Waals surface area (Å²) in [6, 6.07) is 7.12. The lowest BCUT2D eigenvalue weighted by Crippen LogP contribution is -2.56. The smallest absolute Gasteiger partial charge is 0.430 e. The molecule has 3 heterocycles. The average Bonchev–Trinajstić information content (AvgIpc) is 3.22. The maximum Gasteiger partial charge on any atom is 0.430 e. The van der Waals surface area contributed by atoms with Crippen LogP contribution in [0.15, 0.2) is 29.8 Å². The number of hydrogen-bond acceptors (Lipinski definition) is 10. The quantitative estimate of drug-likeness (QED) is 0.613. The van der Waals surface area contributed by atoms with Gasteiger partial charge in [0.05, 0.1) is 25.7 Å². The van der Waals surface area contributed by atoms with E-state index in [-0.39, 0.29) is 17.9 Å². The molecule has 0 unspecified atom stereocenters. The number of hydroxylamine groups is 2. The first-order chi connectivity index (χ1) is 14.9. The molecule has 164 valence electrons. The molecule has 1 atom stereocenters. The number of nitrogens with one attached hydrogen (secondary N) is 1. The molecule has 1 amide bonds. The van der Waals surface area contributed by atoms with Gasteiger partial charge in [-0.3, -0.25) is 5.32 Å². The number of hydrogen-bond donors (Lipinski definition) is 2. The van der Waals surface area contributed by atoms with Gasteiger partial charge in [-0.1, -0.05) is 13.8 Å². The van der Waals surface area contributed by atoms with Crippen molar-refractivity contribution >= 4 is 45.2 Å². The second-order valence-corrected chi connectivity index (χ2v) is 8.37. The van der Waals surface area contributed by atoms with Crippen LogP contribution in [0.4, 0.5) is 22.2 Å². The van der Waals surface area contributed by atoms with E-state index >= 15 is 0 Å². The molecule has 31 heavy (non-hydrogen) atoms. The van der Waals surface area contributed by atoms with Crippen LogP contribution in [0.2, 0.25) is 0 Å². The van der Waals surface area contributed by atoms with Gasteiger partial charge >= 0.3 is 6.09 Å². The fraction of sp³-hybridized carbons (Fsp3) is 0.400. The molecule has 1 aliphatic rings. The van der Waals surface area contributed by atoms with Gasteiger partial charge in [0.1, 0.15) is 11.3 Å². The van der Waals surface area contributed by atoms with Crippen LogP contribution in [-0.2, 0) is 4.84 Å². The monoisotopic (exact) mass is 443 g/mol. The van der Waals surface area contributed by atoms with E-state index in [0.717, 1.165) is 21.9 Å². The predicted molar refractivity (Wildman–Crippen MR) is 120 cm³/mol. The molecule has 11 heteroatoms. The Labute approximate surface area is 184 Å². The molecule has 1 saturated heterocycles. The number of methoxy groups -OCH3 is 1. The fourth-order valence-electron chi connectivity index (χ4n) is 3.60. The number of carbonyl (C=O) groups is 1. The van der Waals surface area contributed by atoms with Crippen molar-refractivity contribution in [2.75, 3.05) is 42.7 Å². The molecule has 4 rings (SSSR count). The molecule has 0 aliphatic carbocycles. The van der Waals surface area contributed by atoms with Crippen LogP contribution in [0.1, 0.15) is 13.8 Å². The van der Waals surface area contributed by atoms with Gasteiger partial charge in [0, 0.05) is 18.3 Å². The Kier molecular flexibility index (Phi) is 6.05. The number of carbonyl (C=O) groups excluding carboxylic acids is 1. The number of aromatic nitrogens is 3. The molecule has 3 N–H and O–H groups in total. The zero-order valence-electron chi connectivity index (χ0n) is 17.6. The molecule has 0 saturated carbocycles. The first kappa shape index (κ1) is 21.1. The maximum atomic E-state index is 12.4. The first-order valence-corrected chi connectivity index (χ1v) is 10.8. The van der Waals surface area contributed by atoms with Crippen molar-refractivity contribution in [3.63, 3.8) is 0 Å². The minimum absolute atomic E-state index is 0.0572. The Morgan fingerprint density at radius 2 is 2.03 bits per heavy atom. The summed E-state index contributed by atoms with van der Waals surface area (Å²) < 4.78 is 5.13. The van der Waals surface area contributed by atoms with Gasteiger partial charge in [0.15, 0.2) is 10.6 Å². The predicted octanol–water partition coefficient (Wildman–Crippen LogP) is 2.99. The van der Waals surface area contributed by atoms with E-state index in [1.54, 1.807) is 41.9 Å². The zero-order chi connectivity index (χ0) is 22.0. The van der Waals surface area contributed by atoms with E-state index < -0.39 is 6.09 Å². The molecule has 0 spiro atoms. The summed E-state index contributed by atoms with van der Waals surface area (Å²) >= 11 is 1.44. The normalized spacial score (nSPS) is 17.2. The Morgan fingerprint density at radius 1 is 1.26 bits per heavy atom. The number of nitrogens with two attached hydrogens (primary N) is 1. The van der Waals surface area contributed by atoms with Crippen molar-refractivity contribution in [2.45, 2.75) is 19.9 Å². The lowest BCUT2D eigenvalue weighted by atomic mass is 10.0. The van der Waals surface area contributed by atoms with Crippen LogP contribution in [0.3, 0.4) is 0 Å². The molecule has 0 radical (unpaired) electrons. The third kappa shape index (κ3) is 4.62. The van der Waals surface area contributed by atoms with Crippen LogP contribution in [0.25, 0.3) is 10.3 Å². The maximum absolute atomic E-state index is 12.4. The van der Waals surface area contributed by atoms with Crippen molar-refractivity contribution in [1.29, 1.82) is 0 Å². The summed E-state index contributed by atoms with van der Waals surface area (Å²) in [4.78, 5) is 34.1. The number of nitrogen functional groups attached to an aromatic ring is 1. The van der Waals surface area contributed by atoms with Crippen LogP contribution in [0, 0.1) is 5.92 Å². The summed E-state index contributed by atoms with van der Waals surface area (Å²) in [6.07, 6.45) is -0.533. The van der Waals surface area contributed by atoms with Gasteiger partial charge in [0.2, 0.25) is 5.95 Å². The fourth-order valence-corrected chi connectivity index (χ4v) is 4.26. The van der Waals surface area contributed by atoms with Crippen LogP contribution in [0.5, 0.6) is 5.75 Å². The highest BCUT2D eigenvalue weighted by atomic mass is 32.1. The van der Waals surface area contributed by atoms with Crippen LogP contribution < -0.4 is 20.7 Å². The standard InChI is InChI=1S/C20H25N7O3S/c1-12(2)15-10-26(30-20(28)23-13-4-6-14(29-3)7-5-13)8-9-27(15)17-16-18(31-11-22-16)25-19(21)24-17/h4-7,11-12,15H,8-10H2,1-3H3,(H,23,28)(H2,21,24,25)/t15-/m1/s1. The van der Waals surface area contributed by atoms with Gasteiger partial charge in [-0.25, -0.2) is 14.8 Å². The van der Waals surface area contributed by atoms with Gasteiger partial charge in [-0.15, -0.1) is 16.4 Å². The number of nitrogens with zero attached hydrogens (tertiary/aromatic N) is 5. The largest absolute Gasteiger partial charge is 0.497 e. The number of thiazole rings is 1. The Balaban J connectivity index is 1.45. The number of amides is 1. The van der Waals surface area contributed by atoms with E-state index in [9.17, 15) is 4.79 Å². The summed E-state index contributed by atoms with van der Waals surface area (Å²) in [5.74, 6) is 1.95. The highest BCUT2D eigenvalue weighted by molar-refractivity contribution is 7.16. The second kappa shape index (κ2) is 8.90. The topological polar surface area (TPSA) is 119 Å². The number of benzene rings is 1. The van der Waals surface area contributed by atoms with Crippen molar-refractivity contribution < 1.29 is 14.4 Å². The van der Waals surface area contributed by atoms with Gasteiger partial charge in [-0.2, -0.15) is 4.98 Å². The number of anilines is 3. The van der Waals surface area contributed by atoms with Crippen LogP contribution >= 0.6 is 11.3 Å².